The van der Waals surface area contributed by atoms with Crippen LogP contribution >= 0.6 is 0 Å². The predicted octanol–water partition coefficient (Wildman–Crippen LogP) is 3.32. The Bertz CT molecular complexity index is 464. The molecule has 4 nitrogen and oxygen atoms in total. The molecule has 1 fully saturated rings. The van der Waals surface area contributed by atoms with Crippen LogP contribution in [0.2, 0.25) is 0 Å². The van der Waals surface area contributed by atoms with Gasteiger partial charge < -0.3 is 15.7 Å². The number of hydrogen-bond donors (Lipinski definition) is 3. The van der Waals surface area contributed by atoms with E-state index in [2.05, 4.69) is 10.6 Å². The molecular formula is C19H30N2O2. The molecule has 0 aliphatic heterocycles. The van der Waals surface area contributed by atoms with Crippen molar-refractivity contribution >= 4 is 11.6 Å². The van der Waals surface area contributed by atoms with Crippen LogP contribution < -0.4 is 10.6 Å². The normalized spacial score (nSPS) is 22.5. The van der Waals surface area contributed by atoms with E-state index in [0.29, 0.717) is 12.3 Å². The summed E-state index contributed by atoms with van der Waals surface area (Å²) >= 11 is 0. The van der Waals surface area contributed by atoms with Crippen LogP contribution in [0.15, 0.2) is 30.3 Å². The molecule has 1 aliphatic carbocycles. The van der Waals surface area contributed by atoms with Crippen molar-refractivity contribution in [1.82, 2.24) is 5.32 Å². The molecule has 0 aromatic heterocycles. The van der Waals surface area contributed by atoms with Crippen molar-refractivity contribution < 1.29 is 9.90 Å². The summed E-state index contributed by atoms with van der Waals surface area (Å²) in [5, 5.41) is 16.3. The second-order valence-corrected chi connectivity index (χ2v) is 6.73. The van der Waals surface area contributed by atoms with E-state index in [1.807, 2.05) is 37.3 Å². The van der Waals surface area contributed by atoms with Crippen molar-refractivity contribution in [3.8, 4) is 0 Å². The van der Waals surface area contributed by atoms with Crippen LogP contribution in [0.25, 0.3) is 0 Å². The monoisotopic (exact) mass is 318 g/mol. The van der Waals surface area contributed by atoms with E-state index in [1.165, 1.54) is 12.8 Å². The number of nitrogens with one attached hydrogen (secondary N) is 2. The van der Waals surface area contributed by atoms with Gasteiger partial charge in [0.25, 0.3) is 0 Å². The Morgan fingerprint density at radius 2 is 2.00 bits per heavy atom. The van der Waals surface area contributed by atoms with E-state index >= 15 is 0 Å². The maximum atomic E-state index is 12.0. The number of benzene rings is 1. The second kappa shape index (κ2) is 9.68. The zero-order valence-electron chi connectivity index (χ0n) is 14.1. The number of carbonyl (C=O) groups is 1. The number of anilines is 1. The highest BCUT2D eigenvalue weighted by Crippen LogP contribution is 2.27. The van der Waals surface area contributed by atoms with E-state index < -0.39 is 0 Å². The Morgan fingerprint density at radius 1 is 1.26 bits per heavy atom. The molecule has 0 heterocycles. The number of aliphatic hydroxyl groups excluding tert-OH is 1. The van der Waals surface area contributed by atoms with Crippen LogP contribution in [0.4, 0.5) is 5.69 Å². The lowest BCUT2D eigenvalue weighted by Crippen LogP contribution is -2.32. The minimum atomic E-state index is -0.0992. The second-order valence-electron chi connectivity index (χ2n) is 6.73. The molecule has 1 aromatic carbocycles. The van der Waals surface area contributed by atoms with Crippen molar-refractivity contribution in [2.45, 2.75) is 64.0 Å². The van der Waals surface area contributed by atoms with Gasteiger partial charge in [0.15, 0.2) is 0 Å². The van der Waals surface area contributed by atoms with E-state index in [4.69, 9.17) is 0 Å². The predicted molar refractivity (Wildman–Crippen MR) is 94.4 cm³/mol. The zero-order valence-corrected chi connectivity index (χ0v) is 14.1. The molecule has 1 saturated carbocycles. The van der Waals surface area contributed by atoms with Gasteiger partial charge in [-0.15, -0.1) is 0 Å². The lowest BCUT2D eigenvalue weighted by molar-refractivity contribution is -0.116. The highest BCUT2D eigenvalue weighted by molar-refractivity contribution is 5.90. The van der Waals surface area contributed by atoms with E-state index in [0.717, 1.165) is 37.9 Å². The SMILES string of the molecule is CC(CC(=O)Nc1ccccc1)NCCCC1CCCCC1O. The van der Waals surface area contributed by atoms with Crippen molar-refractivity contribution in [3.05, 3.63) is 30.3 Å². The van der Waals surface area contributed by atoms with Gasteiger partial charge in [0.1, 0.15) is 0 Å². The first-order valence-corrected chi connectivity index (χ1v) is 8.91. The summed E-state index contributed by atoms with van der Waals surface area (Å²) in [7, 11) is 0. The van der Waals surface area contributed by atoms with Gasteiger partial charge in [-0.1, -0.05) is 31.0 Å². The van der Waals surface area contributed by atoms with Gasteiger partial charge in [-0.05, 0) is 57.2 Å². The average molecular weight is 318 g/mol. The quantitative estimate of drug-likeness (QED) is 0.644. The van der Waals surface area contributed by atoms with Gasteiger partial charge in [-0.25, -0.2) is 0 Å². The Hall–Kier alpha value is -1.39. The minimum absolute atomic E-state index is 0.0407. The van der Waals surface area contributed by atoms with Crippen molar-refractivity contribution in [2.24, 2.45) is 5.92 Å². The number of carbonyl (C=O) groups excluding carboxylic acids is 1. The smallest absolute Gasteiger partial charge is 0.225 e. The Balaban J connectivity index is 1.57. The fraction of sp³-hybridized carbons (Fsp3) is 0.632. The molecule has 0 spiro atoms. The van der Waals surface area contributed by atoms with Crippen LogP contribution in [-0.4, -0.2) is 29.7 Å². The lowest BCUT2D eigenvalue weighted by Gasteiger charge is -2.27. The summed E-state index contributed by atoms with van der Waals surface area (Å²) < 4.78 is 0. The largest absolute Gasteiger partial charge is 0.393 e. The molecule has 4 heteroatoms. The third-order valence-corrected chi connectivity index (χ3v) is 4.66. The molecule has 1 aromatic rings. The highest BCUT2D eigenvalue weighted by atomic mass is 16.3. The zero-order chi connectivity index (χ0) is 16.5. The molecule has 0 radical (unpaired) electrons. The molecule has 23 heavy (non-hydrogen) atoms. The molecule has 3 unspecified atom stereocenters. The third kappa shape index (κ3) is 6.71. The number of aliphatic hydroxyl groups is 1. The molecule has 1 amide bonds. The van der Waals surface area contributed by atoms with Gasteiger partial charge in [0, 0.05) is 18.2 Å². The maximum absolute atomic E-state index is 12.0. The summed E-state index contributed by atoms with van der Waals surface area (Å²) in [6, 6.07) is 9.71. The Morgan fingerprint density at radius 3 is 2.74 bits per heavy atom. The third-order valence-electron chi connectivity index (χ3n) is 4.66. The van der Waals surface area contributed by atoms with Crippen LogP contribution in [-0.2, 0) is 4.79 Å². The van der Waals surface area contributed by atoms with Crippen LogP contribution in [0, 0.1) is 5.92 Å². The molecular weight excluding hydrogens is 288 g/mol. The molecule has 128 valence electrons. The van der Waals surface area contributed by atoms with Crippen molar-refractivity contribution in [3.63, 3.8) is 0 Å². The van der Waals surface area contributed by atoms with Gasteiger partial charge in [-0.2, -0.15) is 0 Å². The fourth-order valence-corrected chi connectivity index (χ4v) is 3.32. The number of rotatable bonds is 8. The fourth-order valence-electron chi connectivity index (χ4n) is 3.32. The molecule has 1 aliphatic rings. The van der Waals surface area contributed by atoms with Gasteiger partial charge in [0.2, 0.25) is 5.91 Å². The van der Waals surface area contributed by atoms with Gasteiger partial charge in [-0.3, -0.25) is 4.79 Å². The van der Waals surface area contributed by atoms with Crippen molar-refractivity contribution in [2.75, 3.05) is 11.9 Å². The first kappa shape index (κ1) is 18.0. The average Bonchev–Trinajstić information content (AvgIpc) is 2.54. The van der Waals surface area contributed by atoms with Gasteiger partial charge in [0.05, 0.1) is 6.10 Å². The maximum Gasteiger partial charge on any atom is 0.225 e. The summed E-state index contributed by atoms with van der Waals surface area (Å²) in [4.78, 5) is 12.0. The topological polar surface area (TPSA) is 61.4 Å². The summed E-state index contributed by atoms with van der Waals surface area (Å²) in [5.41, 5.74) is 0.844. The van der Waals surface area contributed by atoms with Crippen LogP contribution in [0.5, 0.6) is 0 Å². The number of para-hydroxylation sites is 1. The Kier molecular flexibility index (Phi) is 7.56. The van der Waals surface area contributed by atoms with Gasteiger partial charge >= 0.3 is 0 Å². The highest BCUT2D eigenvalue weighted by Gasteiger charge is 2.22. The Labute approximate surface area is 139 Å². The summed E-state index contributed by atoms with van der Waals surface area (Å²) in [6.45, 7) is 2.95. The summed E-state index contributed by atoms with van der Waals surface area (Å²) in [6.07, 6.45) is 7.07. The molecule has 0 bridgehead atoms. The summed E-state index contributed by atoms with van der Waals surface area (Å²) in [5.74, 6) is 0.515. The lowest BCUT2D eigenvalue weighted by atomic mass is 9.83. The molecule has 0 saturated heterocycles. The molecule has 3 atom stereocenters. The molecule has 2 rings (SSSR count). The molecule has 3 N–H and O–H groups in total. The van der Waals surface area contributed by atoms with Crippen LogP contribution in [0.1, 0.15) is 51.9 Å². The van der Waals surface area contributed by atoms with E-state index in [9.17, 15) is 9.90 Å². The van der Waals surface area contributed by atoms with Crippen molar-refractivity contribution in [1.29, 1.82) is 0 Å². The number of amides is 1. The first-order chi connectivity index (χ1) is 11.1. The standard InChI is InChI=1S/C19H30N2O2/c1-15(14-19(23)21-17-10-3-2-4-11-17)20-13-7-9-16-8-5-6-12-18(16)22/h2-4,10-11,15-16,18,20,22H,5-9,12-14H2,1H3,(H,21,23). The van der Waals surface area contributed by atoms with E-state index in [1.54, 1.807) is 0 Å². The van der Waals surface area contributed by atoms with Crippen LogP contribution in [0.3, 0.4) is 0 Å². The first-order valence-electron chi connectivity index (χ1n) is 8.91. The van der Waals surface area contributed by atoms with E-state index in [-0.39, 0.29) is 18.1 Å². The number of hydrogen-bond acceptors (Lipinski definition) is 3. The minimum Gasteiger partial charge on any atom is -0.393 e.